The van der Waals surface area contributed by atoms with E-state index in [9.17, 15) is 4.79 Å². The van der Waals surface area contributed by atoms with Crippen molar-refractivity contribution < 1.29 is 9.53 Å². The third-order valence-electron chi connectivity index (χ3n) is 7.00. The molecule has 37 heavy (non-hydrogen) atoms. The molecule has 0 aliphatic carbocycles. The number of likely N-dealkylation sites (tertiary alicyclic amines) is 1. The second kappa shape index (κ2) is 10.3. The van der Waals surface area contributed by atoms with Crippen LogP contribution in [0.15, 0.2) is 55.0 Å². The number of rotatable bonds is 7. The summed E-state index contributed by atoms with van der Waals surface area (Å²) in [6, 6.07) is 14.2. The van der Waals surface area contributed by atoms with Crippen LogP contribution in [-0.4, -0.2) is 83.2 Å². The van der Waals surface area contributed by atoms with Crippen molar-refractivity contribution in [1.82, 2.24) is 30.2 Å². The topological polar surface area (TPSA) is 111 Å². The van der Waals surface area contributed by atoms with Gasteiger partial charge < -0.3 is 25.3 Å². The van der Waals surface area contributed by atoms with E-state index < -0.39 is 0 Å². The molecular weight excluding hydrogens is 468 g/mol. The largest absolute Gasteiger partial charge is 0.378 e. The number of aromatic amines is 1. The molecule has 5 heterocycles. The van der Waals surface area contributed by atoms with Gasteiger partial charge in [-0.1, -0.05) is 12.1 Å². The quantitative estimate of drug-likeness (QED) is 0.357. The van der Waals surface area contributed by atoms with Gasteiger partial charge in [-0.3, -0.25) is 14.7 Å². The van der Waals surface area contributed by atoms with Crippen LogP contribution in [0, 0.1) is 0 Å². The third-order valence-corrected chi connectivity index (χ3v) is 7.00. The fourth-order valence-electron chi connectivity index (χ4n) is 4.87. The van der Waals surface area contributed by atoms with E-state index in [1.165, 1.54) is 0 Å². The zero-order valence-corrected chi connectivity index (χ0v) is 20.8. The van der Waals surface area contributed by atoms with Gasteiger partial charge in [-0.05, 0) is 48.5 Å². The van der Waals surface area contributed by atoms with Gasteiger partial charge in [-0.25, -0.2) is 9.97 Å². The molecular formula is C27H30N8O2. The zero-order valence-electron chi connectivity index (χ0n) is 20.8. The van der Waals surface area contributed by atoms with Gasteiger partial charge in [0, 0.05) is 56.3 Å². The number of likely N-dealkylation sites (N-methyl/N-ethyl adjacent to an activating group) is 1. The number of pyridine rings is 1. The molecule has 2 saturated heterocycles. The molecule has 0 bridgehead atoms. The third kappa shape index (κ3) is 5.04. The average Bonchev–Trinajstić information content (AvgIpc) is 3.36. The van der Waals surface area contributed by atoms with Crippen LogP contribution in [0.1, 0.15) is 16.1 Å². The van der Waals surface area contributed by atoms with E-state index in [2.05, 4.69) is 46.4 Å². The van der Waals surface area contributed by atoms with Crippen molar-refractivity contribution in [2.75, 3.05) is 56.7 Å². The minimum atomic E-state index is -0.220. The summed E-state index contributed by atoms with van der Waals surface area (Å²) in [7, 11) is 1.99. The lowest BCUT2D eigenvalue weighted by atomic mass is 10.1. The summed E-state index contributed by atoms with van der Waals surface area (Å²) in [4.78, 5) is 34.1. The molecule has 1 aromatic carbocycles. The average molecular weight is 499 g/mol. The van der Waals surface area contributed by atoms with Gasteiger partial charge in [-0.2, -0.15) is 0 Å². The fourth-order valence-corrected chi connectivity index (χ4v) is 4.87. The number of nitrogens with zero attached hydrogens (tertiary/aromatic N) is 5. The smallest absolute Gasteiger partial charge is 0.274 e. The fraction of sp³-hybridized carbons (Fsp3) is 0.333. The van der Waals surface area contributed by atoms with Gasteiger partial charge in [0.05, 0.1) is 18.6 Å². The first-order valence-corrected chi connectivity index (χ1v) is 12.6. The van der Waals surface area contributed by atoms with Gasteiger partial charge in [-0.15, -0.1) is 0 Å². The number of hydrogen-bond acceptors (Lipinski definition) is 8. The second-order valence-corrected chi connectivity index (χ2v) is 9.50. The van der Waals surface area contributed by atoms with E-state index in [0.29, 0.717) is 30.6 Å². The molecule has 2 fully saturated rings. The molecule has 0 saturated carbocycles. The van der Waals surface area contributed by atoms with E-state index in [1.54, 1.807) is 12.5 Å². The Hall–Kier alpha value is -3.86. The Morgan fingerprint density at radius 1 is 1.08 bits per heavy atom. The molecule has 0 unspecified atom stereocenters. The molecule has 1 amide bonds. The molecule has 4 aromatic rings. The standard InChI is InChI=1S/C27H30N8O2/c1-28-21-15-34(16-21)14-18-6-7-29-24(12-18)27(36)32-20-4-2-19(3-5-20)23-13-22-25(33-23)30-17-31-26(22)35-8-10-37-11-9-35/h2-7,12-13,17,21,28H,8-11,14-16H2,1H3,(H,32,36)(H,30,31,33). The van der Waals surface area contributed by atoms with Crippen LogP contribution >= 0.6 is 0 Å². The lowest BCUT2D eigenvalue weighted by Gasteiger charge is -2.39. The first-order chi connectivity index (χ1) is 18.2. The Morgan fingerprint density at radius 3 is 2.68 bits per heavy atom. The molecule has 3 aromatic heterocycles. The summed E-state index contributed by atoms with van der Waals surface area (Å²) in [5.41, 5.74) is 4.96. The molecule has 190 valence electrons. The number of morpholine rings is 1. The van der Waals surface area contributed by atoms with Crippen molar-refractivity contribution >= 4 is 28.4 Å². The van der Waals surface area contributed by atoms with Crippen LogP contribution < -0.4 is 15.5 Å². The highest BCUT2D eigenvalue weighted by Gasteiger charge is 2.25. The lowest BCUT2D eigenvalue weighted by Crippen LogP contribution is -2.56. The summed E-state index contributed by atoms with van der Waals surface area (Å²) in [5, 5.41) is 7.23. The van der Waals surface area contributed by atoms with Crippen molar-refractivity contribution in [2.45, 2.75) is 12.6 Å². The van der Waals surface area contributed by atoms with Crippen molar-refractivity contribution in [3.8, 4) is 11.3 Å². The molecule has 0 atom stereocenters. The number of anilines is 2. The summed E-state index contributed by atoms with van der Waals surface area (Å²) in [6.45, 7) is 5.88. The van der Waals surface area contributed by atoms with E-state index in [4.69, 9.17) is 4.74 Å². The Morgan fingerprint density at radius 2 is 1.89 bits per heavy atom. The summed E-state index contributed by atoms with van der Waals surface area (Å²) in [6.07, 6.45) is 3.30. The summed E-state index contributed by atoms with van der Waals surface area (Å²) in [5.74, 6) is 0.702. The molecule has 0 radical (unpaired) electrons. The van der Waals surface area contributed by atoms with Crippen LogP contribution in [0.4, 0.5) is 11.5 Å². The Bertz CT molecular complexity index is 1390. The lowest BCUT2D eigenvalue weighted by molar-refractivity contribution is 0.102. The Kier molecular flexibility index (Phi) is 6.52. The summed E-state index contributed by atoms with van der Waals surface area (Å²) < 4.78 is 5.48. The van der Waals surface area contributed by atoms with Gasteiger partial charge in [0.1, 0.15) is 23.5 Å². The van der Waals surface area contributed by atoms with Crippen molar-refractivity contribution in [2.24, 2.45) is 0 Å². The monoisotopic (exact) mass is 498 g/mol. The van der Waals surface area contributed by atoms with E-state index in [-0.39, 0.29) is 5.91 Å². The predicted molar refractivity (Wildman–Crippen MR) is 143 cm³/mol. The van der Waals surface area contributed by atoms with E-state index >= 15 is 0 Å². The van der Waals surface area contributed by atoms with Crippen molar-refractivity contribution in [3.05, 3.63) is 66.2 Å². The highest BCUT2D eigenvalue weighted by molar-refractivity contribution is 6.03. The van der Waals surface area contributed by atoms with Crippen molar-refractivity contribution in [3.63, 3.8) is 0 Å². The number of carbonyl (C=O) groups excluding carboxylic acids is 1. The van der Waals surface area contributed by atoms with Gasteiger partial charge in [0.25, 0.3) is 5.91 Å². The maximum Gasteiger partial charge on any atom is 0.274 e. The Balaban J connectivity index is 1.13. The maximum atomic E-state index is 12.9. The summed E-state index contributed by atoms with van der Waals surface area (Å²) >= 11 is 0. The molecule has 3 N–H and O–H groups in total. The van der Waals surface area contributed by atoms with E-state index in [0.717, 1.165) is 66.4 Å². The SMILES string of the molecule is CNC1CN(Cc2ccnc(C(=O)Nc3ccc(-c4cc5c(N6CCOCC6)ncnc5[nH]4)cc3)c2)C1. The molecule has 0 spiro atoms. The molecule has 10 nitrogen and oxygen atoms in total. The number of aromatic nitrogens is 4. The minimum Gasteiger partial charge on any atom is -0.378 e. The predicted octanol–water partition coefficient (Wildman–Crippen LogP) is 2.51. The molecule has 2 aliphatic heterocycles. The van der Waals surface area contributed by atoms with E-state index in [1.807, 2.05) is 43.4 Å². The minimum absolute atomic E-state index is 0.220. The zero-order chi connectivity index (χ0) is 25.2. The number of ether oxygens (including phenoxy) is 1. The number of carbonyl (C=O) groups is 1. The van der Waals surface area contributed by atoms with Crippen LogP contribution in [-0.2, 0) is 11.3 Å². The second-order valence-electron chi connectivity index (χ2n) is 9.50. The van der Waals surface area contributed by atoms with Gasteiger partial charge in [0.15, 0.2) is 0 Å². The first-order valence-electron chi connectivity index (χ1n) is 12.6. The number of H-pyrrole nitrogens is 1. The maximum absolute atomic E-state index is 12.9. The highest BCUT2D eigenvalue weighted by atomic mass is 16.5. The number of nitrogens with one attached hydrogen (secondary N) is 3. The van der Waals surface area contributed by atoms with Crippen LogP contribution in [0.3, 0.4) is 0 Å². The normalized spacial score (nSPS) is 16.6. The number of benzene rings is 1. The molecule has 2 aliphatic rings. The van der Waals surface area contributed by atoms with Gasteiger partial charge >= 0.3 is 0 Å². The first kappa shape index (κ1) is 23.5. The number of amides is 1. The van der Waals surface area contributed by atoms with Crippen LogP contribution in [0.2, 0.25) is 0 Å². The molecule has 6 rings (SSSR count). The van der Waals surface area contributed by atoms with Crippen LogP contribution in [0.5, 0.6) is 0 Å². The van der Waals surface area contributed by atoms with Gasteiger partial charge in [0.2, 0.25) is 0 Å². The number of fused-ring (bicyclic) bond motifs is 1. The Labute approximate surface area is 215 Å². The number of hydrogen-bond donors (Lipinski definition) is 3. The molecule has 10 heteroatoms. The highest BCUT2D eigenvalue weighted by Crippen LogP contribution is 2.29. The van der Waals surface area contributed by atoms with Crippen molar-refractivity contribution in [1.29, 1.82) is 0 Å². The van der Waals surface area contributed by atoms with Crippen LogP contribution in [0.25, 0.3) is 22.3 Å².